The Balaban J connectivity index is 1.69. The van der Waals surface area contributed by atoms with Crippen LogP contribution in [-0.4, -0.2) is 21.0 Å². The Hall–Kier alpha value is -3.78. The van der Waals surface area contributed by atoms with Crippen LogP contribution in [0.4, 0.5) is 5.69 Å². The van der Waals surface area contributed by atoms with Crippen molar-refractivity contribution in [2.45, 2.75) is 12.8 Å². The molecule has 0 radical (unpaired) electrons. The molecule has 0 unspecified atom stereocenters. The zero-order valence-corrected chi connectivity index (χ0v) is 16.5. The third kappa shape index (κ3) is 4.28. The molecule has 150 valence electrons. The molecule has 0 aliphatic rings. The Labute approximate surface area is 175 Å². The minimum Gasteiger partial charge on any atom is -0.481 e. The predicted molar refractivity (Wildman–Crippen MR) is 115 cm³/mol. The van der Waals surface area contributed by atoms with Gasteiger partial charge >= 0.3 is 5.97 Å². The maximum absolute atomic E-state index is 11.1. The van der Waals surface area contributed by atoms with E-state index in [0.717, 1.165) is 20.8 Å². The number of carboxylic acids is 1. The van der Waals surface area contributed by atoms with Crippen molar-refractivity contribution in [1.82, 2.24) is 4.98 Å². The van der Waals surface area contributed by atoms with Gasteiger partial charge in [-0.05, 0) is 42.3 Å². The second-order valence-corrected chi connectivity index (χ2v) is 7.59. The van der Waals surface area contributed by atoms with Gasteiger partial charge in [0.15, 0.2) is 0 Å². The largest absolute Gasteiger partial charge is 0.481 e. The number of carbonyl (C=O) groups is 1. The standard InChI is InChI=1S/C22H16N2O5S/c25-21(26)11-8-15(22-23-18-6-1-2-7-20(18)30-22)13-17-9-10-19(29-17)14-4-3-5-16(12-14)24(27)28/h1-7,9-10,12-13H,8,11H2,(H,25,26). The maximum Gasteiger partial charge on any atom is 0.303 e. The van der Waals surface area contributed by atoms with Gasteiger partial charge < -0.3 is 9.52 Å². The van der Waals surface area contributed by atoms with E-state index in [0.29, 0.717) is 23.5 Å². The van der Waals surface area contributed by atoms with E-state index >= 15 is 0 Å². The van der Waals surface area contributed by atoms with Gasteiger partial charge in [-0.3, -0.25) is 14.9 Å². The molecule has 2 heterocycles. The summed E-state index contributed by atoms with van der Waals surface area (Å²) in [5.41, 5.74) is 2.20. The molecule has 8 heteroatoms. The molecular weight excluding hydrogens is 404 g/mol. The van der Waals surface area contributed by atoms with E-state index in [4.69, 9.17) is 9.52 Å². The summed E-state index contributed by atoms with van der Waals surface area (Å²) in [5, 5.41) is 20.9. The maximum atomic E-state index is 11.1. The van der Waals surface area contributed by atoms with Crippen molar-refractivity contribution in [3.63, 3.8) is 0 Å². The van der Waals surface area contributed by atoms with Gasteiger partial charge in [0.25, 0.3) is 5.69 Å². The average molecular weight is 420 g/mol. The molecule has 7 nitrogen and oxygen atoms in total. The van der Waals surface area contributed by atoms with Crippen molar-refractivity contribution in [1.29, 1.82) is 0 Å². The number of hydrogen-bond donors (Lipinski definition) is 1. The number of allylic oxidation sites excluding steroid dienone is 1. The average Bonchev–Trinajstić information content (AvgIpc) is 3.38. The number of hydrogen-bond acceptors (Lipinski definition) is 6. The number of thiazole rings is 1. The van der Waals surface area contributed by atoms with Crippen molar-refractivity contribution in [2.24, 2.45) is 0 Å². The molecule has 30 heavy (non-hydrogen) atoms. The molecule has 0 saturated heterocycles. The van der Waals surface area contributed by atoms with Gasteiger partial charge in [-0.2, -0.15) is 0 Å². The summed E-state index contributed by atoms with van der Waals surface area (Å²) < 4.78 is 6.89. The quantitative estimate of drug-likeness (QED) is 0.296. The first-order valence-electron chi connectivity index (χ1n) is 9.12. The fraction of sp³-hybridized carbons (Fsp3) is 0.0909. The molecule has 0 spiro atoms. The zero-order chi connectivity index (χ0) is 21.1. The number of carboxylic acid groups (broad SMARTS) is 1. The summed E-state index contributed by atoms with van der Waals surface area (Å²) in [6, 6.07) is 17.4. The monoisotopic (exact) mass is 420 g/mol. The first kappa shape index (κ1) is 19.5. The summed E-state index contributed by atoms with van der Waals surface area (Å²) in [7, 11) is 0. The second-order valence-electron chi connectivity index (χ2n) is 6.56. The molecular formula is C22H16N2O5S. The van der Waals surface area contributed by atoms with Crippen LogP contribution in [0.5, 0.6) is 0 Å². The van der Waals surface area contributed by atoms with E-state index in [1.807, 2.05) is 24.3 Å². The molecule has 2 aromatic heterocycles. The van der Waals surface area contributed by atoms with Gasteiger partial charge in [0.05, 0.1) is 15.1 Å². The number of non-ortho nitro benzene ring substituents is 1. The van der Waals surface area contributed by atoms with E-state index < -0.39 is 10.9 Å². The zero-order valence-electron chi connectivity index (χ0n) is 15.6. The highest BCUT2D eigenvalue weighted by Gasteiger charge is 2.13. The molecule has 0 bridgehead atoms. The Morgan fingerprint density at radius 3 is 2.73 bits per heavy atom. The molecule has 0 saturated carbocycles. The Kier molecular flexibility index (Phi) is 5.40. The van der Waals surface area contributed by atoms with Crippen molar-refractivity contribution in [3.05, 3.63) is 81.5 Å². The number of nitro groups is 1. The van der Waals surface area contributed by atoms with Crippen LogP contribution in [0.3, 0.4) is 0 Å². The van der Waals surface area contributed by atoms with Crippen LogP contribution in [0.25, 0.3) is 33.2 Å². The highest BCUT2D eigenvalue weighted by molar-refractivity contribution is 7.19. The molecule has 0 fully saturated rings. The number of benzene rings is 2. The molecule has 4 rings (SSSR count). The van der Waals surface area contributed by atoms with Crippen LogP contribution >= 0.6 is 11.3 Å². The SMILES string of the molecule is O=C(O)CCC(=Cc1ccc(-c2cccc([N+](=O)[O-])c2)o1)c1nc2ccccc2s1. The molecule has 4 aromatic rings. The molecule has 1 N–H and O–H groups in total. The number of fused-ring (bicyclic) bond motifs is 1. The predicted octanol–water partition coefficient (Wildman–Crippen LogP) is 5.87. The number of furan rings is 1. The molecule has 0 aliphatic heterocycles. The number of aliphatic carboxylic acids is 1. The van der Waals surface area contributed by atoms with Gasteiger partial charge in [0.2, 0.25) is 0 Å². The lowest BCUT2D eigenvalue weighted by molar-refractivity contribution is -0.384. The van der Waals surface area contributed by atoms with Gasteiger partial charge in [-0.25, -0.2) is 4.98 Å². The smallest absolute Gasteiger partial charge is 0.303 e. The van der Waals surface area contributed by atoms with Crippen LogP contribution in [0.1, 0.15) is 23.6 Å². The third-order valence-corrected chi connectivity index (χ3v) is 5.57. The summed E-state index contributed by atoms with van der Waals surface area (Å²) >= 11 is 1.50. The van der Waals surface area contributed by atoms with E-state index in [1.165, 1.54) is 23.5 Å². The van der Waals surface area contributed by atoms with E-state index in [1.54, 1.807) is 30.3 Å². The molecule has 0 aliphatic carbocycles. The highest BCUT2D eigenvalue weighted by Crippen LogP contribution is 2.32. The number of nitro benzene ring substituents is 1. The number of nitrogens with zero attached hydrogens (tertiary/aromatic N) is 2. The first-order chi connectivity index (χ1) is 14.5. The molecule has 0 atom stereocenters. The van der Waals surface area contributed by atoms with Gasteiger partial charge in [0.1, 0.15) is 16.5 Å². The minimum absolute atomic E-state index is 0.0161. The minimum atomic E-state index is -0.890. The topological polar surface area (TPSA) is 106 Å². The summed E-state index contributed by atoms with van der Waals surface area (Å²) in [6.45, 7) is 0. The van der Waals surface area contributed by atoms with Crippen LogP contribution in [-0.2, 0) is 4.79 Å². The lowest BCUT2D eigenvalue weighted by Crippen LogP contribution is -1.95. The lowest BCUT2D eigenvalue weighted by atomic mass is 10.1. The summed E-state index contributed by atoms with van der Waals surface area (Å²) in [5.74, 6) is 0.127. The highest BCUT2D eigenvalue weighted by atomic mass is 32.1. The van der Waals surface area contributed by atoms with Crippen molar-refractivity contribution >= 4 is 44.9 Å². The summed E-state index contributed by atoms with van der Waals surface area (Å²) in [4.78, 5) is 26.3. The Morgan fingerprint density at radius 1 is 1.13 bits per heavy atom. The van der Waals surface area contributed by atoms with Gasteiger partial charge in [-0.1, -0.05) is 24.3 Å². The number of rotatable bonds is 7. The Morgan fingerprint density at radius 2 is 1.97 bits per heavy atom. The normalized spacial score (nSPS) is 11.7. The van der Waals surface area contributed by atoms with Crippen LogP contribution in [0, 0.1) is 10.1 Å². The van der Waals surface area contributed by atoms with Crippen molar-refractivity contribution in [2.75, 3.05) is 0 Å². The van der Waals surface area contributed by atoms with Crippen LogP contribution < -0.4 is 0 Å². The number of aromatic nitrogens is 1. The third-order valence-electron chi connectivity index (χ3n) is 4.46. The van der Waals surface area contributed by atoms with Crippen molar-refractivity contribution in [3.8, 4) is 11.3 Å². The van der Waals surface area contributed by atoms with Crippen LogP contribution in [0.15, 0.2) is 65.1 Å². The molecule has 0 amide bonds. The number of para-hydroxylation sites is 1. The van der Waals surface area contributed by atoms with Crippen molar-refractivity contribution < 1.29 is 19.2 Å². The fourth-order valence-electron chi connectivity index (χ4n) is 3.02. The van der Waals surface area contributed by atoms with E-state index in [9.17, 15) is 14.9 Å². The van der Waals surface area contributed by atoms with E-state index in [2.05, 4.69) is 4.98 Å². The summed E-state index contributed by atoms with van der Waals surface area (Å²) in [6.07, 6.45) is 2.06. The Bertz CT molecular complexity index is 1240. The van der Waals surface area contributed by atoms with Gasteiger partial charge in [0, 0.05) is 24.1 Å². The lowest BCUT2D eigenvalue weighted by Gasteiger charge is -2.02. The molecule has 2 aromatic carbocycles. The van der Waals surface area contributed by atoms with Gasteiger partial charge in [-0.15, -0.1) is 11.3 Å². The second kappa shape index (κ2) is 8.30. The van der Waals surface area contributed by atoms with Crippen LogP contribution in [0.2, 0.25) is 0 Å². The fourth-order valence-corrected chi connectivity index (χ4v) is 4.03. The van der Waals surface area contributed by atoms with E-state index in [-0.39, 0.29) is 12.1 Å². The first-order valence-corrected chi connectivity index (χ1v) is 9.94.